The fourth-order valence-corrected chi connectivity index (χ4v) is 3.19. The first kappa shape index (κ1) is 17.2. The Morgan fingerprint density at radius 1 is 1.07 bits per heavy atom. The van der Waals surface area contributed by atoms with Crippen LogP contribution >= 0.6 is 0 Å². The topological polar surface area (TPSA) is 62.7 Å². The van der Waals surface area contributed by atoms with Gasteiger partial charge in [-0.2, -0.15) is 0 Å². The lowest BCUT2D eigenvalue weighted by Gasteiger charge is -2.29. The molecule has 0 amide bonds. The zero-order valence-electron chi connectivity index (χ0n) is 14.8. The third-order valence-electron chi connectivity index (χ3n) is 4.59. The fourth-order valence-electron chi connectivity index (χ4n) is 3.19. The molecule has 0 atom stereocenters. The average molecular weight is 360 g/mol. The summed E-state index contributed by atoms with van der Waals surface area (Å²) in [5, 5.41) is 10.6. The smallest absolute Gasteiger partial charge is 0.185 e. The van der Waals surface area contributed by atoms with Crippen molar-refractivity contribution in [1.29, 1.82) is 0 Å². The highest BCUT2D eigenvalue weighted by Gasteiger charge is 2.16. The molecular formula is C22H20N2O3. The number of benzene rings is 2. The number of phenolic OH excluding ortho intramolecular Hbond substituents is 1. The second kappa shape index (κ2) is 7.60. The molecule has 27 heavy (non-hydrogen) atoms. The Morgan fingerprint density at radius 2 is 1.89 bits per heavy atom. The Morgan fingerprint density at radius 3 is 2.70 bits per heavy atom. The molecule has 5 heteroatoms. The minimum atomic E-state index is -0.160. The molecule has 0 saturated carbocycles. The third kappa shape index (κ3) is 3.83. The Kier molecular flexibility index (Phi) is 4.85. The summed E-state index contributed by atoms with van der Waals surface area (Å²) in [6, 6.07) is 16.4. The summed E-state index contributed by atoms with van der Waals surface area (Å²) in [5.41, 5.74) is 2.27. The summed E-state index contributed by atoms with van der Waals surface area (Å²) in [4.78, 5) is 19.5. The number of ether oxygens (including phenoxy) is 1. The number of pyridine rings is 1. The zero-order chi connectivity index (χ0) is 18.6. The van der Waals surface area contributed by atoms with Crippen molar-refractivity contribution < 1.29 is 14.6 Å². The fraction of sp³-hybridized carbons (Fsp3) is 0.182. The molecule has 1 fully saturated rings. The lowest BCUT2D eigenvalue weighted by molar-refractivity contribution is 0.104. The van der Waals surface area contributed by atoms with Gasteiger partial charge >= 0.3 is 0 Å². The molecular weight excluding hydrogens is 340 g/mol. The lowest BCUT2D eigenvalue weighted by Crippen LogP contribution is -2.37. The van der Waals surface area contributed by atoms with E-state index in [1.54, 1.807) is 24.3 Å². The normalized spacial score (nSPS) is 14.7. The Hall–Kier alpha value is -3.18. The van der Waals surface area contributed by atoms with Crippen molar-refractivity contribution in [1.82, 2.24) is 4.98 Å². The van der Waals surface area contributed by atoms with E-state index in [-0.39, 0.29) is 11.5 Å². The summed E-state index contributed by atoms with van der Waals surface area (Å²) in [7, 11) is 0. The molecule has 0 unspecified atom stereocenters. The van der Waals surface area contributed by atoms with Crippen molar-refractivity contribution in [3.8, 4) is 5.75 Å². The van der Waals surface area contributed by atoms with Crippen molar-refractivity contribution in [2.75, 3.05) is 31.2 Å². The van der Waals surface area contributed by atoms with Gasteiger partial charge in [0.1, 0.15) is 11.6 Å². The van der Waals surface area contributed by atoms with Crippen LogP contribution in [0, 0.1) is 0 Å². The first-order valence-corrected chi connectivity index (χ1v) is 8.95. The highest BCUT2D eigenvalue weighted by molar-refractivity contribution is 6.07. The summed E-state index contributed by atoms with van der Waals surface area (Å²) < 4.78 is 5.45. The van der Waals surface area contributed by atoms with Gasteiger partial charge in [-0.1, -0.05) is 30.3 Å². The van der Waals surface area contributed by atoms with E-state index in [4.69, 9.17) is 9.72 Å². The molecule has 1 N–H and O–H groups in total. The van der Waals surface area contributed by atoms with Gasteiger partial charge in [0.05, 0.1) is 18.7 Å². The molecule has 0 bridgehead atoms. The second-order valence-corrected chi connectivity index (χ2v) is 6.44. The maximum Gasteiger partial charge on any atom is 0.185 e. The molecule has 1 aromatic heterocycles. The molecule has 1 saturated heterocycles. The van der Waals surface area contributed by atoms with Gasteiger partial charge in [0, 0.05) is 29.6 Å². The van der Waals surface area contributed by atoms with Gasteiger partial charge in [-0.3, -0.25) is 4.79 Å². The molecule has 0 spiro atoms. The van der Waals surface area contributed by atoms with Crippen LogP contribution in [0.4, 0.5) is 5.82 Å². The molecule has 3 aromatic rings. The predicted molar refractivity (Wildman–Crippen MR) is 106 cm³/mol. The van der Waals surface area contributed by atoms with E-state index in [1.807, 2.05) is 24.3 Å². The van der Waals surface area contributed by atoms with Crippen LogP contribution in [0.1, 0.15) is 15.9 Å². The SMILES string of the molecule is O=C(C=Cc1cc2ccccc2nc1N1CCOCC1)c1cccc(O)c1. The number of hydrogen-bond acceptors (Lipinski definition) is 5. The number of rotatable bonds is 4. The molecule has 4 rings (SSSR count). The van der Waals surface area contributed by atoms with Crippen LogP contribution in [0.3, 0.4) is 0 Å². The van der Waals surface area contributed by atoms with Crippen LogP contribution < -0.4 is 4.90 Å². The van der Waals surface area contributed by atoms with Crippen molar-refractivity contribution in [3.63, 3.8) is 0 Å². The highest BCUT2D eigenvalue weighted by Crippen LogP contribution is 2.26. The van der Waals surface area contributed by atoms with Gasteiger partial charge in [0.25, 0.3) is 0 Å². The standard InChI is InChI=1S/C22H20N2O3/c25-19-6-3-5-17(15-19)21(26)9-8-18-14-16-4-1-2-7-20(16)23-22(18)24-10-12-27-13-11-24/h1-9,14-15,25H,10-13H2. The third-order valence-corrected chi connectivity index (χ3v) is 4.59. The second-order valence-electron chi connectivity index (χ2n) is 6.44. The molecule has 0 aliphatic carbocycles. The number of carbonyl (C=O) groups is 1. The van der Waals surface area contributed by atoms with Crippen molar-refractivity contribution >= 4 is 28.6 Å². The average Bonchev–Trinajstić information content (AvgIpc) is 2.72. The van der Waals surface area contributed by atoms with Crippen LogP contribution in [0.25, 0.3) is 17.0 Å². The molecule has 0 radical (unpaired) electrons. The lowest BCUT2D eigenvalue weighted by atomic mass is 10.1. The largest absolute Gasteiger partial charge is 0.508 e. The van der Waals surface area contributed by atoms with Crippen LogP contribution in [-0.4, -0.2) is 42.2 Å². The number of fused-ring (bicyclic) bond motifs is 1. The van der Waals surface area contributed by atoms with Crippen LogP contribution in [0.5, 0.6) is 5.75 Å². The minimum Gasteiger partial charge on any atom is -0.508 e. The molecule has 5 nitrogen and oxygen atoms in total. The van der Waals surface area contributed by atoms with Crippen LogP contribution in [0.2, 0.25) is 0 Å². The first-order chi connectivity index (χ1) is 13.2. The Labute approximate surface area is 157 Å². The maximum absolute atomic E-state index is 12.5. The van der Waals surface area contributed by atoms with Gasteiger partial charge in [0.15, 0.2) is 5.78 Å². The van der Waals surface area contributed by atoms with Gasteiger partial charge in [0.2, 0.25) is 0 Å². The van der Waals surface area contributed by atoms with Crippen molar-refractivity contribution in [2.24, 2.45) is 0 Å². The van der Waals surface area contributed by atoms with Gasteiger partial charge in [-0.05, 0) is 36.4 Å². The molecule has 2 aromatic carbocycles. The number of nitrogens with zero attached hydrogens (tertiary/aromatic N) is 2. The maximum atomic E-state index is 12.5. The van der Waals surface area contributed by atoms with E-state index >= 15 is 0 Å². The first-order valence-electron chi connectivity index (χ1n) is 8.95. The van der Waals surface area contributed by atoms with E-state index in [0.29, 0.717) is 18.8 Å². The number of para-hydroxylation sites is 1. The van der Waals surface area contributed by atoms with Gasteiger partial charge < -0.3 is 14.7 Å². The van der Waals surface area contributed by atoms with Crippen LogP contribution in [-0.2, 0) is 4.74 Å². The van der Waals surface area contributed by atoms with E-state index in [2.05, 4.69) is 11.0 Å². The number of carbonyl (C=O) groups excluding carboxylic acids is 1. The Bertz CT molecular complexity index is 1010. The zero-order valence-corrected chi connectivity index (χ0v) is 14.8. The van der Waals surface area contributed by atoms with E-state index in [1.165, 1.54) is 12.1 Å². The van der Waals surface area contributed by atoms with Crippen molar-refractivity contribution in [2.45, 2.75) is 0 Å². The van der Waals surface area contributed by atoms with Gasteiger partial charge in [-0.25, -0.2) is 4.98 Å². The van der Waals surface area contributed by atoms with Gasteiger partial charge in [-0.15, -0.1) is 0 Å². The summed E-state index contributed by atoms with van der Waals surface area (Å²) in [6.45, 7) is 2.87. The monoisotopic (exact) mass is 360 g/mol. The number of ketones is 1. The highest BCUT2D eigenvalue weighted by atomic mass is 16.5. The number of aromatic hydroxyl groups is 1. The number of allylic oxidation sites excluding steroid dienone is 1. The van der Waals surface area contributed by atoms with E-state index < -0.39 is 0 Å². The number of morpholine rings is 1. The predicted octanol–water partition coefficient (Wildman–Crippen LogP) is 3.67. The summed E-state index contributed by atoms with van der Waals surface area (Å²) >= 11 is 0. The van der Waals surface area contributed by atoms with E-state index in [0.717, 1.165) is 35.4 Å². The number of aromatic nitrogens is 1. The molecule has 1 aliphatic rings. The number of hydrogen-bond donors (Lipinski definition) is 1. The van der Waals surface area contributed by atoms with E-state index in [9.17, 15) is 9.90 Å². The number of anilines is 1. The van der Waals surface area contributed by atoms with Crippen molar-refractivity contribution in [3.05, 3.63) is 71.8 Å². The van der Waals surface area contributed by atoms with Crippen LogP contribution in [0.15, 0.2) is 60.7 Å². The molecule has 136 valence electrons. The quantitative estimate of drug-likeness (QED) is 0.568. The minimum absolute atomic E-state index is 0.0793. The summed E-state index contributed by atoms with van der Waals surface area (Å²) in [5.74, 6) is 0.777. The Balaban J connectivity index is 1.71. The molecule has 1 aliphatic heterocycles. The molecule has 2 heterocycles. The summed E-state index contributed by atoms with van der Waals surface area (Å²) in [6.07, 6.45) is 3.33. The number of phenols is 1.